The number of phenolic OH excluding ortho intramolecular Hbond substituents is 1. The highest BCUT2D eigenvalue weighted by atomic mass is 16.3. The van der Waals surface area contributed by atoms with Gasteiger partial charge in [-0.2, -0.15) is 5.26 Å². The van der Waals surface area contributed by atoms with Gasteiger partial charge in [0.15, 0.2) is 0 Å². The Bertz CT molecular complexity index is 512. The quantitative estimate of drug-likeness (QED) is 0.760. The number of hydrogen-bond acceptors (Lipinski definition) is 2. The normalized spacial score (nSPS) is 9.53. The fourth-order valence-electron chi connectivity index (χ4n) is 1.49. The van der Waals surface area contributed by atoms with E-state index in [4.69, 9.17) is 5.26 Å². The lowest BCUT2D eigenvalue weighted by Gasteiger charge is -2.04. The molecule has 0 radical (unpaired) electrons. The van der Waals surface area contributed by atoms with Crippen LogP contribution >= 0.6 is 0 Å². The molecule has 72 valence electrons. The Hall–Kier alpha value is -2.27. The van der Waals surface area contributed by atoms with Crippen molar-refractivity contribution in [2.75, 3.05) is 0 Å². The average Bonchev–Trinajstić information content (AvgIpc) is 2.30. The second-order valence-corrected chi connectivity index (χ2v) is 3.21. The van der Waals surface area contributed by atoms with Crippen molar-refractivity contribution in [1.82, 2.24) is 0 Å². The summed E-state index contributed by atoms with van der Waals surface area (Å²) in [6.07, 6.45) is 0. The smallest absolute Gasteiger partial charge is 0.116 e. The van der Waals surface area contributed by atoms with Crippen LogP contribution in [0.4, 0.5) is 0 Å². The highest BCUT2D eigenvalue weighted by Crippen LogP contribution is 2.26. The first-order valence-electron chi connectivity index (χ1n) is 4.60. The molecule has 0 spiro atoms. The van der Waals surface area contributed by atoms with Crippen LogP contribution < -0.4 is 0 Å². The van der Waals surface area contributed by atoms with Crippen LogP contribution in [0.3, 0.4) is 0 Å². The summed E-state index contributed by atoms with van der Waals surface area (Å²) in [4.78, 5) is 0. The van der Waals surface area contributed by atoms with E-state index in [1.807, 2.05) is 30.3 Å². The maximum Gasteiger partial charge on any atom is 0.116 e. The summed E-state index contributed by atoms with van der Waals surface area (Å²) in [7, 11) is 0. The molecule has 0 unspecified atom stereocenters. The molecular weight excluding hydrogens is 186 g/mol. The molecule has 0 saturated carbocycles. The van der Waals surface area contributed by atoms with Gasteiger partial charge < -0.3 is 5.11 Å². The van der Waals surface area contributed by atoms with E-state index in [1.54, 1.807) is 12.1 Å². The van der Waals surface area contributed by atoms with E-state index in [9.17, 15) is 5.11 Å². The van der Waals surface area contributed by atoms with Crippen LogP contribution in [0.5, 0.6) is 5.75 Å². The molecule has 2 heteroatoms. The summed E-state index contributed by atoms with van der Waals surface area (Å²) in [5.74, 6) is 0.174. The highest BCUT2D eigenvalue weighted by molar-refractivity contribution is 5.71. The summed E-state index contributed by atoms with van der Waals surface area (Å²) >= 11 is 0. The van der Waals surface area contributed by atoms with Gasteiger partial charge in [0.1, 0.15) is 5.75 Å². The summed E-state index contributed by atoms with van der Waals surface area (Å²) in [6, 6.07) is 16.4. The van der Waals surface area contributed by atoms with E-state index < -0.39 is 0 Å². The Morgan fingerprint density at radius 2 is 1.73 bits per heavy atom. The van der Waals surface area contributed by atoms with Gasteiger partial charge in [0.05, 0.1) is 11.6 Å². The molecule has 0 aliphatic carbocycles. The minimum Gasteiger partial charge on any atom is -0.508 e. The molecular formula is C13H9NO. The molecule has 2 rings (SSSR count). The Morgan fingerprint density at radius 3 is 2.40 bits per heavy atom. The van der Waals surface area contributed by atoms with Crippen LogP contribution in [-0.2, 0) is 0 Å². The summed E-state index contributed by atoms with van der Waals surface area (Å²) in [5.41, 5.74) is 2.27. The third-order valence-electron chi connectivity index (χ3n) is 2.21. The van der Waals surface area contributed by atoms with E-state index in [0.29, 0.717) is 5.56 Å². The molecule has 0 amide bonds. The van der Waals surface area contributed by atoms with Gasteiger partial charge in [-0.3, -0.25) is 0 Å². The first-order valence-corrected chi connectivity index (χ1v) is 4.60. The van der Waals surface area contributed by atoms with E-state index in [1.165, 1.54) is 6.07 Å². The van der Waals surface area contributed by atoms with Gasteiger partial charge in [0, 0.05) is 5.56 Å². The van der Waals surface area contributed by atoms with Crippen LogP contribution in [-0.4, -0.2) is 5.11 Å². The van der Waals surface area contributed by atoms with Gasteiger partial charge in [-0.25, -0.2) is 0 Å². The zero-order valence-corrected chi connectivity index (χ0v) is 8.01. The molecule has 15 heavy (non-hydrogen) atoms. The van der Waals surface area contributed by atoms with Crippen LogP contribution in [0, 0.1) is 11.3 Å². The maximum absolute atomic E-state index is 9.38. The van der Waals surface area contributed by atoms with Gasteiger partial charge in [-0.05, 0) is 23.8 Å². The molecule has 0 fully saturated rings. The van der Waals surface area contributed by atoms with Crippen molar-refractivity contribution in [3.63, 3.8) is 0 Å². The second-order valence-electron chi connectivity index (χ2n) is 3.21. The molecule has 2 aromatic rings. The average molecular weight is 195 g/mol. The fraction of sp³-hybridized carbons (Fsp3) is 0. The monoisotopic (exact) mass is 195 g/mol. The summed E-state index contributed by atoms with van der Waals surface area (Å²) < 4.78 is 0. The highest BCUT2D eigenvalue weighted by Gasteiger charge is 2.04. The molecule has 1 N–H and O–H groups in total. The van der Waals surface area contributed by atoms with E-state index in [2.05, 4.69) is 6.07 Å². The molecule has 0 heterocycles. The molecule has 2 aromatic carbocycles. The van der Waals surface area contributed by atoms with E-state index in [-0.39, 0.29) is 5.75 Å². The lowest BCUT2D eigenvalue weighted by molar-refractivity contribution is 0.475. The Balaban J connectivity index is 2.62. The van der Waals surface area contributed by atoms with Crippen LogP contribution in [0.15, 0.2) is 48.5 Å². The predicted molar refractivity (Wildman–Crippen MR) is 58.3 cm³/mol. The number of benzene rings is 2. The van der Waals surface area contributed by atoms with Gasteiger partial charge in [0.2, 0.25) is 0 Å². The Morgan fingerprint density at radius 1 is 1.00 bits per heavy atom. The topological polar surface area (TPSA) is 44.0 Å². The third-order valence-corrected chi connectivity index (χ3v) is 2.21. The largest absolute Gasteiger partial charge is 0.508 e. The Kier molecular flexibility index (Phi) is 2.38. The lowest BCUT2D eigenvalue weighted by atomic mass is 10.0. The van der Waals surface area contributed by atoms with Crippen LogP contribution in [0.2, 0.25) is 0 Å². The molecule has 0 atom stereocenters. The molecule has 2 nitrogen and oxygen atoms in total. The first-order chi connectivity index (χ1) is 7.31. The summed E-state index contributed by atoms with van der Waals surface area (Å²) in [5, 5.41) is 18.3. The predicted octanol–water partition coefficient (Wildman–Crippen LogP) is 2.93. The number of nitrogens with zero attached hydrogens (tertiary/aromatic N) is 1. The van der Waals surface area contributed by atoms with Gasteiger partial charge in [-0.15, -0.1) is 0 Å². The maximum atomic E-state index is 9.38. The van der Waals surface area contributed by atoms with Gasteiger partial charge >= 0.3 is 0 Å². The molecule has 0 aliphatic heterocycles. The number of aromatic hydroxyl groups is 1. The van der Waals surface area contributed by atoms with Gasteiger partial charge in [0.25, 0.3) is 0 Å². The molecule has 0 bridgehead atoms. The number of nitriles is 1. The van der Waals surface area contributed by atoms with Crippen molar-refractivity contribution in [1.29, 1.82) is 5.26 Å². The lowest BCUT2D eigenvalue weighted by Crippen LogP contribution is -1.83. The van der Waals surface area contributed by atoms with Crippen molar-refractivity contribution in [2.24, 2.45) is 0 Å². The standard InChI is InChI=1S/C13H9NO/c14-9-11-6-7-12(15)8-13(11)10-4-2-1-3-5-10/h1-8,15H. The minimum atomic E-state index is 0.174. The van der Waals surface area contributed by atoms with Gasteiger partial charge in [-0.1, -0.05) is 30.3 Å². The van der Waals surface area contributed by atoms with Crippen molar-refractivity contribution in [3.05, 3.63) is 54.1 Å². The fourth-order valence-corrected chi connectivity index (χ4v) is 1.49. The van der Waals surface area contributed by atoms with Crippen LogP contribution in [0.1, 0.15) is 5.56 Å². The van der Waals surface area contributed by atoms with Crippen molar-refractivity contribution in [3.8, 4) is 22.9 Å². The number of rotatable bonds is 1. The summed E-state index contributed by atoms with van der Waals surface area (Å²) in [6.45, 7) is 0. The van der Waals surface area contributed by atoms with E-state index >= 15 is 0 Å². The number of hydrogen-bond donors (Lipinski definition) is 1. The van der Waals surface area contributed by atoms with Crippen molar-refractivity contribution in [2.45, 2.75) is 0 Å². The third kappa shape index (κ3) is 1.82. The Labute approximate surface area is 88.0 Å². The SMILES string of the molecule is N#Cc1ccc(O)cc1-c1ccccc1. The van der Waals surface area contributed by atoms with Crippen molar-refractivity contribution >= 4 is 0 Å². The van der Waals surface area contributed by atoms with Crippen molar-refractivity contribution < 1.29 is 5.11 Å². The van der Waals surface area contributed by atoms with E-state index in [0.717, 1.165) is 11.1 Å². The van der Waals surface area contributed by atoms with Crippen LogP contribution in [0.25, 0.3) is 11.1 Å². The first kappa shape index (κ1) is 9.29. The zero-order valence-electron chi connectivity index (χ0n) is 8.01. The minimum absolute atomic E-state index is 0.174. The second kappa shape index (κ2) is 3.85. The molecule has 0 aromatic heterocycles. The number of phenols is 1. The molecule has 0 saturated heterocycles. The zero-order chi connectivity index (χ0) is 10.7. The molecule has 0 aliphatic rings.